The minimum absolute atomic E-state index is 0.0202. The number of para-hydroxylation sites is 1. The number of carbonyl (C=O) groups is 1. The molecule has 0 radical (unpaired) electrons. The zero-order valence-corrected chi connectivity index (χ0v) is 13.4. The predicted octanol–water partition coefficient (Wildman–Crippen LogP) is 3.64. The number of carbonyl (C=O) groups excluding carboxylic acids is 1. The molecule has 0 spiro atoms. The van der Waals surface area contributed by atoms with Gasteiger partial charge < -0.3 is 14.8 Å². The van der Waals surface area contributed by atoms with E-state index in [0.29, 0.717) is 24.5 Å². The van der Waals surface area contributed by atoms with Crippen molar-refractivity contribution >= 4 is 23.3 Å². The lowest BCUT2D eigenvalue weighted by atomic mass is 9.83. The molecule has 2 atom stereocenters. The van der Waals surface area contributed by atoms with Crippen LogP contribution in [0.5, 0.6) is 0 Å². The Morgan fingerprint density at radius 1 is 1.38 bits per heavy atom. The molecule has 1 aliphatic heterocycles. The fourth-order valence-corrected chi connectivity index (χ4v) is 3.15. The van der Waals surface area contributed by atoms with Crippen molar-refractivity contribution in [3.8, 4) is 0 Å². The molecular formula is C16H22ClNO3. The molecule has 0 bridgehead atoms. The quantitative estimate of drug-likeness (QED) is 0.862. The van der Waals surface area contributed by atoms with Gasteiger partial charge in [0, 0.05) is 12.8 Å². The topological polar surface area (TPSA) is 47.6 Å². The van der Waals surface area contributed by atoms with E-state index in [1.807, 2.05) is 39.0 Å². The van der Waals surface area contributed by atoms with Gasteiger partial charge in [-0.1, -0.05) is 23.7 Å². The Morgan fingerprint density at radius 3 is 2.57 bits per heavy atom. The summed E-state index contributed by atoms with van der Waals surface area (Å²) in [5.41, 5.74) is -0.0496. The Bertz CT molecular complexity index is 496. The first kappa shape index (κ1) is 16.1. The summed E-state index contributed by atoms with van der Waals surface area (Å²) >= 11 is 6.21. The molecule has 1 N–H and O–H groups in total. The first-order valence-corrected chi connectivity index (χ1v) is 7.70. The van der Waals surface area contributed by atoms with Crippen LogP contribution in [0, 0.1) is 0 Å². The highest BCUT2D eigenvalue weighted by Crippen LogP contribution is 2.35. The monoisotopic (exact) mass is 311 g/mol. The molecule has 0 aromatic heterocycles. The molecule has 2 rings (SSSR count). The summed E-state index contributed by atoms with van der Waals surface area (Å²) in [7, 11) is 0. The molecule has 116 valence electrons. The van der Waals surface area contributed by atoms with Crippen molar-refractivity contribution < 1.29 is 14.3 Å². The predicted molar refractivity (Wildman–Crippen MR) is 83.7 cm³/mol. The van der Waals surface area contributed by atoms with E-state index in [4.69, 9.17) is 21.1 Å². The molecule has 2 unspecified atom stereocenters. The van der Waals surface area contributed by atoms with Gasteiger partial charge in [0.1, 0.15) is 5.54 Å². The number of rotatable bonds is 4. The number of hydrogen-bond donors (Lipinski definition) is 1. The molecule has 5 heteroatoms. The lowest BCUT2D eigenvalue weighted by Crippen LogP contribution is -2.55. The van der Waals surface area contributed by atoms with Gasteiger partial charge in [-0.15, -0.1) is 0 Å². The highest BCUT2D eigenvalue weighted by atomic mass is 35.5. The van der Waals surface area contributed by atoms with Crippen molar-refractivity contribution in [2.45, 2.75) is 51.4 Å². The van der Waals surface area contributed by atoms with E-state index in [1.165, 1.54) is 0 Å². The third kappa shape index (κ3) is 3.69. The van der Waals surface area contributed by atoms with E-state index in [9.17, 15) is 4.79 Å². The smallest absolute Gasteiger partial charge is 0.331 e. The van der Waals surface area contributed by atoms with Crippen LogP contribution >= 0.6 is 11.6 Å². The lowest BCUT2D eigenvalue weighted by molar-refractivity contribution is -0.157. The second kappa shape index (κ2) is 6.67. The normalized spacial score (nSPS) is 29.0. The molecule has 0 amide bonds. The van der Waals surface area contributed by atoms with Crippen LogP contribution in [0.25, 0.3) is 0 Å². The fourth-order valence-electron chi connectivity index (χ4n) is 2.97. The second-order valence-corrected chi connectivity index (χ2v) is 5.98. The van der Waals surface area contributed by atoms with E-state index >= 15 is 0 Å². The van der Waals surface area contributed by atoms with Gasteiger partial charge in [-0.2, -0.15) is 0 Å². The number of halogens is 1. The molecule has 4 nitrogen and oxygen atoms in total. The number of benzene rings is 1. The zero-order chi connectivity index (χ0) is 15.5. The van der Waals surface area contributed by atoms with Crippen LogP contribution in [0.1, 0.15) is 33.6 Å². The van der Waals surface area contributed by atoms with E-state index in [2.05, 4.69) is 5.32 Å². The van der Waals surface area contributed by atoms with Gasteiger partial charge in [0.2, 0.25) is 0 Å². The molecule has 1 heterocycles. The standard InChI is InChI=1S/C16H22ClNO3/c1-4-20-15(19)16(9-11(2)21-12(3)10-16)18-14-8-6-5-7-13(14)17/h5-8,11-12,18H,4,9-10H2,1-3H3. The van der Waals surface area contributed by atoms with Crippen LogP contribution in [0.3, 0.4) is 0 Å². The van der Waals surface area contributed by atoms with Crippen molar-refractivity contribution in [3.05, 3.63) is 29.3 Å². The Labute approximate surface area is 130 Å². The van der Waals surface area contributed by atoms with Gasteiger partial charge in [-0.05, 0) is 32.9 Å². The molecular weight excluding hydrogens is 290 g/mol. The molecule has 21 heavy (non-hydrogen) atoms. The summed E-state index contributed by atoms with van der Waals surface area (Å²) in [5, 5.41) is 3.91. The summed E-state index contributed by atoms with van der Waals surface area (Å²) < 4.78 is 11.1. The van der Waals surface area contributed by atoms with Crippen molar-refractivity contribution in [2.24, 2.45) is 0 Å². The molecule has 1 aliphatic rings. The minimum Gasteiger partial charge on any atom is -0.464 e. The number of nitrogens with one attached hydrogen (secondary N) is 1. The van der Waals surface area contributed by atoms with Crippen molar-refractivity contribution in [1.29, 1.82) is 0 Å². The first-order chi connectivity index (χ1) is 9.97. The van der Waals surface area contributed by atoms with Crippen molar-refractivity contribution in [3.63, 3.8) is 0 Å². The zero-order valence-electron chi connectivity index (χ0n) is 12.7. The number of esters is 1. The Morgan fingerprint density at radius 2 is 2.00 bits per heavy atom. The Hall–Kier alpha value is -1.26. The highest BCUT2D eigenvalue weighted by molar-refractivity contribution is 6.33. The van der Waals surface area contributed by atoms with Gasteiger partial charge in [-0.25, -0.2) is 4.79 Å². The van der Waals surface area contributed by atoms with Crippen LogP contribution in [0.4, 0.5) is 5.69 Å². The SMILES string of the molecule is CCOC(=O)C1(Nc2ccccc2Cl)CC(C)OC(C)C1. The van der Waals surface area contributed by atoms with Gasteiger partial charge in [-0.3, -0.25) is 0 Å². The summed E-state index contributed by atoms with van der Waals surface area (Å²) in [4.78, 5) is 12.5. The fraction of sp³-hybridized carbons (Fsp3) is 0.562. The van der Waals surface area contributed by atoms with Gasteiger partial charge in [0.25, 0.3) is 0 Å². The molecule has 1 aromatic carbocycles. The van der Waals surface area contributed by atoms with E-state index < -0.39 is 5.54 Å². The van der Waals surface area contributed by atoms with E-state index in [0.717, 1.165) is 5.69 Å². The largest absolute Gasteiger partial charge is 0.464 e. The molecule has 1 saturated heterocycles. The third-order valence-corrected chi connectivity index (χ3v) is 3.98. The van der Waals surface area contributed by atoms with Crippen molar-refractivity contribution in [2.75, 3.05) is 11.9 Å². The van der Waals surface area contributed by atoms with E-state index in [-0.39, 0.29) is 18.2 Å². The first-order valence-electron chi connectivity index (χ1n) is 7.32. The third-order valence-electron chi connectivity index (χ3n) is 3.65. The average molecular weight is 312 g/mol. The number of ether oxygens (including phenoxy) is 2. The summed E-state index contributed by atoms with van der Waals surface area (Å²) in [6, 6.07) is 7.42. The van der Waals surface area contributed by atoms with Crippen LogP contribution in [-0.4, -0.2) is 30.3 Å². The maximum Gasteiger partial charge on any atom is 0.331 e. The molecule has 0 saturated carbocycles. The molecule has 0 aliphatic carbocycles. The van der Waals surface area contributed by atoms with Crippen LogP contribution in [0.2, 0.25) is 5.02 Å². The number of anilines is 1. The Kier molecular flexibility index (Phi) is 5.12. The van der Waals surface area contributed by atoms with Gasteiger partial charge in [0.15, 0.2) is 0 Å². The van der Waals surface area contributed by atoms with Crippen LogP contribution in [0.15, 0.2) is 24.3 Å². The maximum absolute atomic E-state index is 12.5. The van der Waals surface area contributed by atoms with E-state index in [1.54, 1.807) is 6.07 Å². The van der Waals surface area contributed by atoms with Gasteiger partial charge >= 0.3 is 5.97 Å². The Balaban J connectivity index is 2.32. The minimum atomic E-state index is -0.794. The van der Waals surface area contributed by atoms with Crippen LogP contribution in [-0.2, 0) is 14.3 Å². The maximum atomic E-state index is 12.5. The summed E-state index contributed by atoms with van der Waals surface area (Å²) in [6.45, 7) is 6.11. The summed E-state index contributed by atoms with van der Waals surface area (Å²) in [5.74, 6) is -0.244. The lowest BCUT2D eigenvalue weighted by Gasteiger charge is -2.42. The number of hydrogen-bond acceptors (Lipinski definition) is 4. The van der Waals surface area contributed by atoms with Crippen LogP contribution < -0.4 is 5.32 Å². The second-order valence-electron chi connectivity index (χ2n) is 5.57. The average Bonchev–Trinajstić information content (AvgIpc) is 2.40. The highest BCUT2D eigenvalue weighted by Gasteiger charge is 2.46. The molecule has 1 aromatic rings. The molecule has 1 fully saturated rings. The van der Waals surface area contributed by atoms with Crippen molar-refractivity contribution in [1.82, 2.24) is 0 Å². The van der Waals surface area contributed by atoms with Gasteiger partial charge in [0.05, 0.1) is 29.5 Å². The summed E-state index contributed by atoms with van der Waals surface area (Å²) in [6.07, 6.45) is 1.07.